The van der Waals surface area contributed by atoms with Crippen molar-refractivity contribution < 1.29 is 14.3 Å². The van der Waals surface area contributed by atoms with Crippen LogP contribution in [-0.2, 0) is 16.1 Å². The summed E-state index contributed by atoms with van der Waals surface area (Å²) in [5, 5.41) is 5.09. The Balaban J connectivity index is 1.76. The van der Waals surface area contributed by atoms with Crippen molar-refractivity contribution >= 4 is 17.5 Å². The summed E-state index contributed by atoms with van der Waals surface area (Å²) in [4.78, 5) is 27.8. The molecule has 1 aromatic carbocycles. The van der Waals surface area contributed by atoms with E-state index in [1.54, 1.807) is 42.6 Å². The van der Waals surface area contributed by atoms with Gasteiger partial charge in [-0.25, -0.2) is 0 Å². The Bertz CT molecular complexity index is 672. The van der Waals surface area contributed by atoms with Crippen molar-refractivity contribution in [1.82, 2.24) is 10.3 Å². The molecule has 2 aromatic rings. The number of carbonyl (C=O) groups excluding carboxylic acids is 2. The Hall–Kier alpha value is -2.89. The van der Waals surface area contributed by atoms with E-state index in [9.17, 15) is 9.59 Å². The van der Waals surface area contributed by atoms with Gasteiger partial charge in [0.05, 0.1) is 18.8 Å². The van der Waals surface area contributed by atoms with Gasteiger partial charge in [-0.15, -0.1) is 0 Å². The van der Waals surface area contributed by atoms with Crippen LogP contribution in [0.1, 0.15) is 31.9 Å². The minimum absolute atomic E-state index is 0.206. The lowest BCUT2D eigenvalue weighted by molar-refractivity contribution is -0.136. The quantitative estimate of drug-likeness (QED) is 0.571. The Morgan fingerprint density at radius 3 is 2.52 bits per heavy atom. The van der Waals surface area contributed by atoms with Crippen LogP contribution in [0.25, 0.3) is 0 Å². The smallest absolute Gasteiger partial charge is 0.313 e. The molecule has 0 unspecified atom stereocenters. The van der Waals surface area contributed by atoms with Gasteiger partial charge in [-0.3, -0.25) is 14.6 Å². The van der Waals surface area contributed by atoms with Crippen molar-refractivity contribution in [2.75, 3.05) is 11.9 Å². The third-order valence-corrected chi connectivity index (χ3v) is 3.49. The first-order valence-electron chi connectivity index (χ1n) is 8.41. The molecule has 0 aliphatic rings. The lowest BCUT2D eigenvalue weighted by Crippen LogP contribution is -2.35. The summed E-state index contributed by atoms with van der Waals surface area (Å²) >= 11 is 0. The van der Waals surface area contributed by atoms with Crippen LogP contribution in [-0.4, -0.2) is 23.4 Å². The highest BCUT2D eigenvalue weighted by molar-refractivity contribution is 6.39. The third kappa shape index (κ3) is 6.63. The molecule has 0 atom stereocenters. The summed E-state index contributed by atoms with van der Waals surface area (Å²) in [6, 6.07) is 12.3. The Morgan fingerprint density at radius 1 is 1.04 bits per heavy atom. The molecular weight excluding hydrogens is 318 g/mol. The zero-order chi connectivity index (χ0) is 17.9. The van der Waals surface area contributed by atoms with Crippen LogP contribution in [0.4, 0.5) is 5.69 Å². The fraction of sp³-hybridized carbons (Fsp3) is 0.316. The number of nitrogens with one attached hydrogen (secondary N) is 2. The number of ether oxygens (including phenoxy) is 1. The van der Waals surface area contributed by atoms with E-state index >= 15 is 0 Å². The molecule has 0 saturated carbocycles. The number of carbonyl (C=O) groups is 2. The molecule has 6 heteroatoms. The molecule has 0 aliphatic carbocycles. The minimum Gasteiger partial charge on any atom is -0.494 e. The average Bonchev–Trinajstić information content (AvgIpc) is 2.65. The molecule has 2 N–H and O–H groups in total. The number of aromatic nitrogens is 1. The molecule has 0 bridgehead atoms. The number of hydrogen-bond acceptors (Lipinski definition) is 4. The van der Waals surface area contributed by atoms with Gasteiger partial charge in [-0.1, -0.05) is 25.8 Å². The summed E-state index contributed by atoms with van der Waals surface area (Å²) in [7, 11) is 0. The summed E-state index contributed by atoms with van der Waals surface area (Å²) < 4.78 is 5.60. The van der Waals surface area contributed by atoms with E-state index in [1.165, 1.54) is 0 Å². The monoisotopic (exact) mass is 341 g/mol. The second-order valence-electron chi connectivity index (χ2n) is 5.54. The normalized spacial score (nSPS) is 10.1. The standard InChI is InChI=1S/C19H23N3O3/c1-2-3-6-13-25-17-10-8-15(9-11-17)22-19(24)18(23)21-14-16-7-4-5-12-20-16/h4-5,7-12H,2-3,6,13-14H2,1H3,(H,21,23)(H,22,24). The van der Waals surface area contributed by atoms with Gasteiger partial charge in [0.25, 0.3) is 0 Å². The minimum atomic E-state index is -0.715. The molecule has 1 heterocycles. The van der Waals surface area contributed by atoms with Crippen LogP contribution < -0.4 is 15.4 Å². The van der Waals surface area contributed by atoms with E-state index in [4.69, 9.17) is 4.74 Å². The van der Waals surface area contributed by atoms with Gasteiger partial charge in [0.15, 0.2) is 0 Å². The van der Waals surface area contributed by atoms with Crippen LogP contribution in [0.15, 0.2) is 48.7 Å². The molecule has 2 rings (SSSR count). The van der Waals surface area contributed by atoms with E-state index in [0.717, 1.165) is 25.0 Å². The molecule has 0 spiro atoms. The first-order valence-corrected chi connectivity index (χ1v) is 8.41. The summed E-state index contributed by atoms with van der Waals surface area (Å²) in [6.45, 7) is 3.02. The van der Waals surface area contributed by atoms with E-state index in [1.807, 2.05) is 6.07 Å². The Kier molecular flexibility index (Phi) is 7.43. The maximum absolute atomic E-state index is 11.9. The van der Waals surface area contributed by atoms with Gasteiger partial charge in [0.1, 0.15) is 5.75 Å². The zero-order valence-electron chi connectivity index (χ0n) is 14.3. The van der Waals surface area contributed by atoms with Gasteiger partial charge in [-0.05, 0) is 42.8 Å². The van der Waals surface area contributed by atoms with E-state index < -0.39 is 11.8 Å². The van der Waals surface area contributed by atoms with Crippen molar-refractivity contribution in [2.45, 2.75) is 32.7 Å². The summed E-state index contributed by atoms with van der Waals surface area (Å²) in [5.74, 6) is -0.674. The summed E-state index contributed by atoms with van der Waals surface area (Å²) in [5.41, 5.74) is 1.23. The highest BCUT2D eigenvalue weighted by Gasteiger charge is 2.13. The molecule has 2 amide bonds. The van der Waals surface area contributed by atoms with E-state index in [0.29, 0.717) is 18.0 Å². The van der Waals surface area contributed by atoms with Gasteiger partial charge in [-0.2, -0.15) is 0 Å². The highest BCUT2D eigenvalue weighted by atomic mass is 16.5. The zero-order valence-corrected chi connectivity index (χ0v) is 14.3. The summed E-state index contributed by atoms with van der Waals surface area (Å²) in [6.07, 6.45) is 4.94. The number of benzene rings is 1. The molecule has 1 aromatic heterocycles. The number of amides is 2. The molecule has 0 radical (unpaired) electrons. The van der Waals surface area contributed by atoms with E-state index in [-0.39, 0.29) is 6.54 Å². The molecule has 0 saturated heterocycles. The maximum Gasteiger partial charge on any atom is 0.313 e. The topological polar surface area (TPSA) is 80.3 Å². The fourth-order valence-corrected chi connectivity index (χ4v) is 2.12. The van der Waals surface area contributed by atoms with Gasteiger partial charge < -0.3 is 15.4 Å². The number of rotatable bonds is 8. The molecule has 132 valence electrons. The second kappa shape index (κ2) is 10.1. The molecule has 25 heavy (non-hydrogen) atoms. The third-order valence-electron chi connectivity index (χ3n) is 3.49. The van der Waals surface area contributed by atoms with Crippen LogP contribution in [0.5, 0.6) is 5.75 Å². The molecular formula is C19H23N3O3. The number of anilines is 1. The Morgan fingerprint density at radius 2 is 1.84 bits per heavy atom. The van der Waals surface area contributed by atoms with Crippen molar-refractivity contribution in [3.05, 3.63) is 54.4 Å². The van der Waals surface area contributed by atoms with Gasteiger partial charge in [0, 0.05) is 11.9 Å². The fourth-order valence-electron chi connectivity index (χ4n) is 2.12. The first-order chi connectivity index (χ1) is 12.2. The Labute approximate surface area is 147 Å². The van der Waals surface area contributed by atoms with Crippen molar-refractivity contribution in [1.29, 1.82) is 0 Å². The lowest BCUT2D eigenvalue weighted by Gasteiger charge is -2.08. The predicted molar refractivity (Wildman–Crippen MR) is 96.2 cm³/mol. The molecule has 0 aliphatic heterocycles. The SMILES string of the molecule is CCCCCOc1ccc(NC(=O)C(=O)NCc2ccccn2)cc1. The number of unbranched alkanes of at least 4 members (excludes halogenated alkanes) is 2. The largest absolute Gasteiger partial charge is 0.494 e. The van der Waals surface area contributed by atoms with Gasteiger partial charge in [0.2, 0.25) is 0 Å². The van der Waals surface area contributed by atoms with E-state index in [2.05, 4.69) is 22.5 Å². The number of hydrogen-bond donors (Lipinski definition) is 2. The lowest BCUT2D eigenvalue weighted by atomic mass is 10.2. The first kappa shape index (κ1) is 18.4. The van der Waals surface area contributed by atoms with Crippen molar-refractivity contribution in [3.63, 3.8) is 0 Å². The van der Waals surface area contributed by atoms with Crippen molar-refractivity contribution in [3.8, 4) is 5.75 Å². The second-order valence-corrected chi connectivity index (χ2v) is 5.54. The highest BCUT2D eigenvalue weighted by Crippen LogP contribution is 2.16. The van der Waals surface area contributed by atoms with Crippen LogP contribution >= 0.6 is 0 Å². The van der Waals surface area contributed by atoms with Crippen LogP contribution in [0, 0.1) is 0 Å². The molecule has 0 fully saturated rings. The molecule has 6 nitrogen and oxygen atoms in total. The van der Waals surface area contributed by atoms with Crippen molar-refractivity contribution in [2.24, 2.45) is 0 Å². The average molecular weight is 341 g/mol. The predicted octanol–water partition coefficient (Wildman–Crippen LogP) is 2.91. The van der Waals surface area contributed by atoms with Crippen LogP contribution in [0.2, 0.25) is 0 Å². The number of pyridine rings is 1. The van der Waals surface area contributed by atoms with Crippen LogP contribution in [0.3, 0.4) is 0 Å². The maximum atomic E-state index is 11.9. The number of nitrogens with zero attached hydrogens (tertiary/aromatic N) is 1. The van der Waals surface area contributed by atoms with Gasteiger partial charge >= 0.3 is 11.8 Å².